The van der Waals surface area contributed by atoms with Crippen molar-refractivity contribution in [1.29, 1.82) is 0 Å². The lowest BCUT2D eigenvalue weighted by atomic mass is 9.50. The quantitative estimate of drug-likeness (QED) is 0.160. The first kappa shape index (κ1) is 55.4. The summed E-state index contributed by atoms with van der Waals surface area (Å²) in [7, 11) is 0. The largest absolute Gasteiger partial charge is 0.294 e. The Labute approximate surface area is 470 Å². The lowest BCUT2D eigenvalue weighted by Gasteiger charge is -2.65. The molecule has 76 heavy (non-hydrogen) atoms. The van der Waals surface area contributed by atoms with E-state index < -0.39 is 0 Å². The van der Waals surface area contributed by atoms with E-state index >= 15 is 0 Å². The molecule has 0 spiro atoms. The molecule has 426 valence electrons. The van der Waals surface area contributed by atoms with E-state index in [1.165, 1.54) is 257 Å². The molecule has 0 aromatic rings. The summed E-state index contributed by atoms with van der Waals surface area (Å²) in [6.45, 7) is 0. The Balaban J connectivity index is 0.842. The molecule has 2 nitrogen and oxygen atoms in total. The van der Waals surface area contributed by atoms with Gasteiger partial charge in [0.1, 0.15) is 0 Å². The summed E-state index contributed by atoms with van der Waals surface area (Å²) in [5.41, 5.74) is 0. The minimum atomic E-state index is 0.831. The van der Waals surface area contributed by atoms with Crippen molar-refractivity contribution in [3.8, 4) is 0 Å². The van der Waals surface area contributed by atoms with E-state index in [2.05, 4.69) is 58.4 Å². The molecule has 0 aromatic heterocycles. The molecule has 0 amide bonds. The van der Waals surface area contributed by atoms with Gasteiger partial charge in [0.15, 0.2) is 0 Å². The Morgan fingerprint density at radius 2 is 0.395 bits per heavy atom. The predicted molar refractivity (Wildman–Crippen MR) is 324 cm³/mol. The molecule has 12 saturated carbocycles. The molecule has 8 atom stereocenters. The summed E-state index contributed by atoms with van der Waals surface area (Å²) >= 11 is 0. The Morgan fingerprint density at radius 1 is 0.184 bits per heavy atom. The standard InChI is InChI=1S/C74H120N2/c1-5-17-55(18-6-1)29-33-59-37-45-65(46-38-59)75(66-47-39-60(40-48-66)34-30-56-19-7-2-8-20-56)73-69-27-15-13-25-63(69)54-72-71(73)53-64-26-14-16-28-70(64)74(72)76(67-49-41-61(42-50-67)35-31-57-21-9-3-10-22-57)68-51-43-62(44-52-68)36-32-58-23-11-4-12-24-58/h29-36,55-74H,1-28,37-54H2. The summed E-state index contributed by atoms with van der Waals surface area (Å²) in [5, 5.41) is 0. The fourth-order valence-corrected chi connectivity index (χ4v) is 21.8. The van der Waals surface area contributed by atoms with Crippen molar-refractivity contribution in [1.82, 2.24) is 9.80 Å². The smallest absolute Gasteiger partial charge is 0.0164 e. The summed E-state index contributed by atoms with van der Waals surface area (Å²) in [5.74, 6) is 12.7. The highest BCUT2D eigenvalue weighted by atomic mass is 15.3. The van der Waals surface area contributed by atoms with Crippen molar-refractivity contribution in [3.05, 3.63) is 48.6 Å². The molecular formula is C74H120N2. The normalized spacial score (nSPS) is 42.5. The Hall–Kier alpha value is -1.12. The van der Waals surface area contributed by atoms with Crippen LogP contribution in [0.4, 0.5) is 0 Å². The summed E-state index contributed by atoms with van der Waals surface area (Å²) < 4.78 is 0. The number of hydrogen-bond donors (Lipinski definition) is 0. The highest BCUT2D eigenvalue weighted by molar-refractivity contribution is 5.13. The molecule has 0 saturated heterocycles. The molecule has 0 heterocycles. The van der Waals surface area contributed by atoms with Crippen LogP contribution in [-0.4, -0.2) is 46.1 Å². The Morgan fingerprint density at radius 3 is 0.645 bits per heavy atom. The van der Waals surface area contributed by atoms with E-state index in [9.17, 15) is 0 Å². The first-order chi connectivity index (χ1) is 37.7. The van der Waals surface area contributed by atoms with Gasteiger partial charge >= 0.3 is 0 Å². The van der Waals surface area contributed by atoms with Crippen LogP contribution in [0.3, 0.4) is 0 Å². The lowest BCUT2D eigenvalue weighted by molar-refractivity contribution is -0.154. The van der Waals surface area contributed by atoms with Crippen molar-refractivity contribution in [3.63, 3.8) is 0 Å². The van der Waals surface area contributed by atoms with E-state index in [-0.39, 0.29) is 0 Å². The first-order valence-electron chi connectivity index (χ1n) is 35.9. The molecule has 0 aromatic carbocycles. The first-order valence-corrected chi connectivity index (χ1v) is 35.9. The molecule has 12 rings (SSSR count). The highest BCUT2D eigenvalue weighted by Gasteiger charge is 2.59. The predicted octanol–water partition coefficient (Wildman–Crippen LogP) is 20.8. The van der Waals surface area contributed by atoms with Crippen molar-refractivity contribution in [2.24, 2.45) is 82.9 Å². The van der Waals surface area contributed by atoms with Crippen LogP contribution in [0.25, 0.3) is 0 Å². The third kappa shape index (κ3) is 13.9. The van der Waals surface area contributed by atoms with Crippen molar-refractivity contribution < 1.29 is 0 Å². The zero-order valence-corrected chi connectivity index (χ0v) is 49.6. The number of allylic oxidation sites excluding steroid dienone is 8. The number of rotatable bonds is 14. The van der Waals surface area contributed by atoms with Gasteiger partial charge < -0.3 is 0 Å². The molecule has 2 heteroatoms. The summed E-state index contributed by atoms with van der Waals surface area (Å²) in [4.78, 5) is 7.17. The van der Waals surface area contributed by atoms with Gasteiger partial charge in [0.05, 0.1) is 0 Å². The van der Waals surface area contributed by atoms with Crippen LogP contribution < -0.4 is 0 Å². The SMILES string of the molecule is C(=CC1CCC(N(C2CCC(C=CC3CCCCC3)CC2)C2C3CCCCC3CC3C2CC2CCCCC2C3N(C2CCC(C=CC3CCCCC3)CC2)C2CCC(C=CC3CCCCC3)CC2)CC1)C1CCCCC1. The molecule has 0 N–H and O–H groups in total. The third-order valence-electron chi connectivity index (χ3n) is 26.0. The monoisotopic (exact) mass is 1040 g/mol. The fraction of sp³-hybridized carbons (Fsp3) is 0.892. The maximum absolute atomic E-state index is 3.58. The Bertz CT molecular complexity index is 1570. The fourth-order valence-electron chi connectivity index (χ4n) is 21.8. The van der Waals surface area contributed by atoms with Crippen molar-refractivity contribution in [2.75, 3.05) is 0 Å². The molecule has 0 aliphatic heterocycles. The lowest BCUT2D eigenvalue weighted by Crippen LogP contribution is -2.68. The van der Waals surface area contributed by atoms with Gasteiger partial charge in [-0.05, 0) is 263 Å². The average molecular weight is 1040 g/mol. The van der Waals surface area contributed by atoms with Crippen LogP contribution in [0.5, 0.6) is 0 Å². The minimum absolute atomic E-state index is 0.831. The molecule has 12 fully saturated rings. The van der Waals surface area contributed by atoms with Gasteiger partial charge in [-0.1, -0.05) is 164 Å². The van der Waals surface area contributed by atoms with E-state index in [1.807, 2.05) is 0 Å². The number of nitrogens with zero attached hydrogens (tertiary/aromatic N) is 2. The average Bonchev–Trinajstić information content (AvgIpc) is 3.52. The minimum Gasteiger partial charge on any atom is -0.294 e. The zero-order chi connectivity index (χ0) is 50.9. The van der Waals surface area contributed by atoms with Gasteiger partial charge in [-0.15, -0.1) is 0 Å². The van der Waals surface area contributed by atoms with Crippen LogP contribution in [-0.2, 0) is 0 Å². The van der Waals surface area contributed by atoms with E-state index in [0.717, 1.165) is 119 Å². The van der Waals surface area contributed by atoms with Gasteiger partial charge in [0, 0.05) is 36.3 Å². The van der Waals surface area contributed by atoms with Crippen LogP contribution in [0.1, 0.15) is 295 Å². The zero-order valence-electron chi connectivity index (χ0n) is 49.6. The molecule has 12 aliphatic carbocycles. The van der Waals surface area contributed by atoms with E-state index in [0.29, 0.717) is 0 Å². The molecule has 8 unspecified atom stereocenters. The molecule has 0 bridgehead atoms. The van der Waals surface area contributed by atoms with Gasteiger partial charge in [-0.3, -0.25) is 9.80 Å². The summed E-state index contributed by atoms with van der Waals surface area (Å²) in [6.07, 6.45) is 90.8. The van der Waals surface area contributed by atoms with Crippen molar-refractivity contribution in [2.45, 2.75) is 332 Å². The van der Waals surface area contributed by atoms with Crippen LogP contribution >= 0.6 is 0 Å². The van der Waals surface area contributed by atoms with Crippen molar-refractivity contribution >= 4 is 0 Å². The highest BCUT2D eigenvalue weighted by Crippen LogP contribution is 2.60. The summed E-state index contributed by atoms with van der Waals surface area (Å²) in [6, 6.07) is 5.04. The second-order valence-electron chi connectivity index (χ2n) is 30.5. The van der Waals surface area contributed by atoms with E-state index in [1.54, 1.807) is 38.5 Å². The second-order valence-corrected chi connectivity index (χ2v) is 30.5. The van der Waals surface area contributed by atoms with Gasteiger partial charge in [-0.2, -0.15) is 0 Å². The maximum atomic E-state index is 3.58. The van der Waals surface area contributed by atoms with Crippen LogP contribution in [0.15, 0.2) is 48.6 Å². The second kappa shape index (κ2) is 27.8. The molecular weight excluding hydrogens is 917 g/mol. The third-order valence-corrected chi connectivity index (χ3v) is 26.0. The van der Waals surface area contributed by atoms with Gasteiger partial charge in [0.2, 0.25) is 0 Å². The van der Waals surface area contributed by atoms with Crippen LogP contribution in [0, 0.1) is 82.9 Å². The number of hydrogen-bond acceptors (Lipinski definition) is 2. The van der Waals surface area contributed by atoms with E-state index in [4.69, 9.17) is 0 Å². The topological polar surface area (TPSA) is 6.48 Å². The van der Waals surface area contributed by atoms with Gasteiger partial charge in [0.25, 0.3) is 0 Å². The van der Waals surface area contributed by atoms with Crippen LogP contribution in [0.2, 0.25) is 0 Å². The van der Waals surface area contributed by atoms with Gasteiger partial charge in [-0.25, -0.2) is 0 Å². The molecule has 0 radical (unpaired) electrons. The molecule has 12 aliphatic rings. The number of fused-ring (bicyclic) bond motifs is 3. The maximum Gasteiger partial charge on any atom is 0.0164 e. The Kier molecular flexibility index (Phi) is 20.2.